The van der Waals surface area contributed by atoms with Gasteiger partial charge < -0.3 is 9.64 Å². The number of hydrogen-bond acceptors (Lipinski definition) is 4. The Hall–Kier alpha value is -2.77. The van der Waals surface area contributed by atoms with E-state index in [-0.39, 0.29) is 24.1 Å². The van der Waals surface area contributed by atoms with Crippen LogP contribution >= 0.6 is 0 Å². The SMILES string of the molecule is CCOC(=O)c1cc(C)nn1C1CCN(C(=O)c2ccc(F)c(F)c2)CC1. The number of hydrogen-bond donors (Lipinski definition) is 0. The van der Waals surface area contributed by atoms with Crippen LogP contribution in [-0.4, -0.2) is 46.3 Å². The van der Waals surface area contributed by atoms with Crippen molar-refractivity contribution in [1.82, 2.24) is 14.7 Å². The zero-order chi connectivity index (χ0) is 19.6. The van der Waals surface area contributed by atoms with E-state index in [0.717, 1.165) is 17.8 Å². The first-order valence-corrected chi connectivity index (χ1v) is 8.88. The third-order valence-electron chi connectivity index (χ3n) is 4.61. The van der Waals surface area contributed by atoms with Gasteiger partial charge in [0.2, 0.25) is 0 Å². The maximum Gasteiger partial charge on any atom is 0.356 e. The molecule has 0 atom stereocenters. The highest BCUT2D eigenvalue weighted by Gasteiger charge is 2.28. The highest BCUT2D eigenvalue weighted by Crippen LogP contribution is 2.25. The second kappa shape index (κ2) is 7.85. The zero-order valence-corrected chi connectivity index (χ0v) is 15.2. The zero-order valence-electron chi connectivity index (χ0n) is 15.2. The van der Waals surface area contributed by atoms with Gasteiger partial charge in [0.25, 0.3) is 5.91 Å². The number of carbonyl (C=O) groups excluding carboxylic acids is 2. The van der Waals surface area contributed by atoms with Gasteiger partial charge in [0.15, 0.2) is 11.6 Å². The molecular weight excluding hydrogens is 356 g/mol. The standard InChI is InChI=1S/C19H21F2N3O3/c1-3-27-19(26)17-10-12(2)22-24(17)14-6-8-23(9-7-14)18(25)13-4-5-15(20)16(21)11-13/h4-5,10-11,14H,3,6-9H2,1-2H3. The summed E-state index contributed by atoms with van der Waals surface area (Å²) in [6, 6.07) is 4.80. The lowest BCUT2D eigenvalue weighted by molar-refractivity contribution is 0.0498. The van der Waals surface area contributed by atoms with Crippen LogP contribution in [0, 0.1) is 18.6 Å². The molecule has 1 fully saturated rings. The number of esters is 1. The summed E-state index contributed by atoms with van der Waals surface area (Å²) in [4.78, 5) is 26.2. The van der Waals surface area contributed by atoms with Gasteiger partial charge in [-0.1, -0.05) is 0 Å². The fourth-order valence-electron chi connectivity index (χ4n) is 3.28. The Morgan fingerprint density at radius 2 is 1.89 bits per heavy atom. The van der Waals surface area contributed by atoms with Crippen LogP contribution in [0.2, 0.25) is 0 Å². The quantitative estimate of drug-likeness (QED) is 0.768. The monoisotopic (exact) mass is 377 g/mol. The van der Waals surface area contributed by atoms with Crippen LogP contribution in [0.3, 0.4) is 0 Å². The minimum atomic E-state index is -1.04. The van der Waals surface area contributed by atoms with Crippen LogP contribution in [0.5, 0.6) is 0 Å². The summed E-state index contributed by atoms with van der Waals surface area (Å²) < 4.78 is 33.2. The number of rotatable bonds is 4. The molecule has 8 heteroatoms. The first-order chi connectivity index (χ1) is 12.9. The Bertz CT molecular complexity index is 858. The normalized spacial score (nSPS) is 15.0. The van der Waals surface area contributed by atoms with Crippen molar-refractivity contribution < 1.29 is 23.1 Å². The Balaban J connectivity index is 1.69. The lowest BCUT2D eigenvalue weighted by Crippen LogP contribution is -2.39. The molecule has 1 saturated heterocycles. The van der Waals surface area contributed by atoms with Gasteiger partial charge in [-0.05, 0) is 51.0 Å². The average Bonchev–Trinajstić information content (AvgIpc) is 3.05. The Kier molecular flexibility index (Phi) is 5.53. The molecule has 0 spiro atoms. The van der Waals surface area contributed by atoms with Crippen LogP contribution in [-0.2, 0) is 4.74 Å². The van der Waals surface area contributed by atoms with Crippen molar-refractivity contribution in [2.45, 2.75) is 32.7 Å². The summed E-state index contributed by atoms with van der Waals surface area (Å²) in [6.07, 6.45) is 1.20. The molecule has 6 nitrogen and oxygen atoms in total. The molecule has 1 aliphatic heterocycles. The lowest BCUT2D eigenvalue weighted by Gasteiger charge is -2.32. The van der Waals surface area contributed by atoms with E-state index in [2.05, 4.69) is 5.10 Å². The number of likely N-dealkylation sites (tertiary alicyclic amines) is 1. The van der Waals surface area contributed by atoms with Crippen LogP contribution in [0.4, 0.5) is 8.78 Å². The van der Waals surface area contributed by atoms with Crippen LogP contribution < -0.4 is 0 Å². The molecule has 2 heterocycles. The molecule has 27 heavy (non-hydrogen) atoms. The van der Waals surface area contributed by atoms with E-state index in [0.29, 0.717) is 31.6 Å². The third kappa shape index (κ3) is 3.99. The average molecular weight is 377 g/mol. The number of carbonyl (C=O) groups is 2. The topological polar surface area (TPSA) is 64.4 Å². The van der Waals surface area contributed by atoms with Crippen molar-refractivity contribution in [3.63, 3.8) is 0 Å². The Morgan fingerprint density at radius 3 is 2.52 bits per heavy atom. The number of benzene rings is 1. The molecule has 2 aromatic rings. The van der Waals surface area contributed by atoms with E-state index >= 15 is 0 Å². The fourth-order valence-corrected chi connectivity index (χ4v) is 3.28. The highest BCUT2D eigenvalue weighted by molar-refractivity contribution is 5.94. The Labute approximate surface area is 155 Å². The van der Waals surface area contributed by atoms with Gasteiger partial charge >= 0.3 is 5.97 Å². The maximum absolute atomic E-state index is 13.4. The molecule has 1 aliphatic rings. The van der Waals surface area contributed by atoms with Gasteiger partial charge in [-0.3, -0.25) is 9.48 Å². The molecule has 0 saturated carbocycles. The number of ether oxygens (including phenoxy) is 1. The van der Waals surface area contributed by atoms with Crippen LogP contribution in [0.1, 0.15) is 52.3 Å². The van der Waals surface area contributed by atoms with E-state index in [1.54, 1.807) is 29.5 Å². The van der Waals surface area contributed by atoms with Crippen LogP contribution in [0.15, 0.2) is 24.3 Å². The second-order valence-electron chi connectivity index (χ2n) is 6.49. The summed E-state index contributed by atoms with van der Waals surface area (Å²) in [7, 11) is 0. The molecule has 1 aromatic heterocycles. The molecule has 0 aliphatic carbocycles. The molecule has 1 aromatic carbocycles. The van der Waals surface area contributed by atoms with E-state index < -0.39 is 17.6 Å². The number of aryl methyl sites for hydroxylation is 1. The smallest absolute Gasteiger partial charge is 0.356 e. The van der Waals surface area contributed by atoms with E-state index in [4.69, 9.17) is 4.74 Å². The van der Waals surface area contributed by atoms with Gasteiger partial charge in [-0.25, -0.2) is 13.6 Å². The molecule has 0 unspecified atom stereocenters. The van der Waals surface area contributed by atoms with Gasteiger partial charge in [0.05, 0.1) is 18.3 Å². The minimum Gasteiger partial charge on any atom is -0.461 e. The number of nitrogens with zero attached hydrogens (tertiary/aromatic N) is 3. The van der Waals surface area contributed by atoms with E-state index in [9.17, 15) is 18.4 Å². The van der Waals surface area contributed by atoms with Crippen molar-refractivity contribution in [1.29, 1.82) is 0 Å². The van der Waals surface area contributed by atoms with Gasteiger partial charge in [0, 0.05) is 18.7 Å². The highest BCUT2D eigenvalue weighted by atomic mass is 19.2. The first kappa shape index (κ1) is 19.0. The summed E-state index contributed by atoms with van der Waals surface area (Å²) in [5.74, 6) is -2.78. The summed E-state index contributed by atoms with van der Waals surface area (Å²) in [5, 5.41) is 4.41. The number of aromatic nitrogens is 2. The van der Waals surface area contributed by atoms with Crippen molar-refractivity contribution in [2.75, 3.05) is 19.7 Å². The molecule has 0 bridgehead atoms. The van der Waals surface area contributed by atoms with Gasteiger partial charge in [0.1, 0.15) is 5.69 Å². The van der Waals surface area contributed by atoms with Crippen molar-refractivity contribution in [3.8, 4) is 0 Å². The summed E-state index contributed by atoms with van der Waals surface area (Å²) >= 11 is 0. The summed E-state index contributed by atoms with van der Waals surface area (Å²) in [5.41, 5.74) is 1.24. The van der Waals surface area contributed by atoms with E-state index in [1.165, 1.54) is 6.07 Å². The van der Waals surface area contributed by atoms with Crippen molar-refractivity contribution in [3.05, 3.63) is 52.9 Å². The van der Waals surface area contributed by atoms with Gasteiger partial charge in [-0.2, -0.15) is 5.10 Å². The predicted molar refractivity (Wildman–Crippen MR) is 93.5 cm³/mol. The molecule has 1 amide bonds. The second-order valence-corrected chi connectivity index (χ2v) is 6.49. The largest absolute Gasteiger partial charge is 0.461 e. The number of piperidine rings is 1. The number of amides is 1. The Morgan fingerprint density at radius 1 is 1.19 bits per heavy atom. The lowest BCUT2D eigenvalue weighted by atomic mass is 10.0. The molecule has 3 rings (SSSR count). The molecule has 0 radical (unpaired) electrons. The third-order valence-corrected chi connectivity index (χ3v) is 4.61. The van der Waals surface area contributed by atoms with Crippen molar-refractivity contribution in [2.24, 2.45) is 0 Å². The van der Waals surface area contributed by atoms with Crippen molar-refractivity contribution >= 4 is 11.9 Å². The predicted octanol–water partition coefficient (Wildman–Crippen LogP) is 3.12. The maximum atomic E-state index is 13.4. The molecule has 0 N–H and O–H groups in total. The molecular formula is C19H21F2N3O3. The van der Waals surface area contributed by atoms with Gasteiger partial charge in [-0.15, -0.1) is 0 Å². The van der Waals surface area contributed by atoms with E-state index in [1.807, 2.05) is 0 Å². The molecule has 144 valence electrons. The number of halogens is 2. The summed E-state index contributed by atoms with van der Waals surface area (Å²) in [6.45, 7) is 4.70. The first-order valence-electron chi connectivity index (χ1n) is 8.88. The van der Waals surface area contributed by atoms with Crippen LogP contribution in [0.25, 0.3) is 0 Å². The fraction of sp³-hybridized carbons (Fsp3) is 0.421. The minimum absolute atomic E-state index is 0.0351.